The van der Waals surface area contributed by atoms with Crippen LogP contribution in [0.5, 0.6) is 0 Å². The van der Waals surface area contributed by atoms with Gasteiger partial charge in [0.05, 0.1) is 16.8 Å². The summed E-state index contributed by atoms with van der Waals surface area (Å²) < 4.78 is 14.9. The molecule has 0 atom stereocenters. The van der Waals surface area contributed by atoms with E-state index in [1.807, 2.05) is 6.07 Å². The topological polar surface area (TPSA) is 121 Å². The molecule has 9 heteroatoms. The van der Waals surface area contributed by atoms with Gasteiger partial charge in [-0.3, -0.25) is 4.79 Å². The van der Waals surface area contributed by atoms with Crippen molar-refractivity contribution in [1.82, 2.24) is 14.8 Å². The SMILES string of the molecule is N#Cc1ccn(-c2ccc(C(=O)Nc3cc(F)ccc3C(=O)O)nn2)c1. The molecule has 0 unspecified atom stereocenters. The molecule has 3 aromatic rings. The number of nitriles is 1. The first kappa shape index (κ1) is 16.8. The van der Waals surface area contributed by atoms with Crippen LogP contribution >= 0.6 is 0 Å². The van der Waals surface area contributed by atoms with Gasteiger partial charge in [0, 0.05) is 12.4 Å². The number of carbonyl (C=O) groups excluding carboxylic acids is 1. The molecular formula is C17H10FN5O3. The highest BCUT2D eigenvalue weighted by molar-refractivity contribution is 6.06. The van der Waals surface area contributed by atoms with Crippen molar-refractivity contribution in [2.45, 2.75) is 0 Å². The highest BCUT2D eigenvalue weighted by atomic mass is 19.1. The van der Waals surface area contributed by atoms with Crippen molar-refractivity contribution in [3.05, 3.63) is 71.4 Å². The number of nitrogens with one attached hydrogen (secondary N) is 1. The van der Waals surface area contributed by atoms with E-state index in [1.165, 1.54) is 12.1 Å². The molecule has 0 saturated heterocycles. The molecule has 2 aromatic heterocycles. The fourth-order valence-electron chi connectivity index (χ4n) is 2.18. The zero-order chi connectivity index (χ0) is 18.7. The van der Waals surface area contributed by atoms with Gasteiger partial charge >= 0.3 is 5.97 Å². The third-order valence-corrected chi connectivity index (χ3v) is 3.43. The lowest BCUT2D eigenvalue weighted by molar-refractivity contribution is 0.0698. The number of hydrogen-bond donors (Lipinski definition) is 2. The molecule has 2 heterocycles. The van der Waals surface area contributed by atoms with Crippen molar-refractivity contribution in [3.63, 3.8) is 0 Å². The van der Waals surface area contributed by atoms with Gasteiger partial charge < -0.3 is 15.0 Å². The summed E-state index contributed by atoms with van der Waals surface area (Å²) in [6.07, 6.45) is 3.17. The normalized spacial score (nSPS) is 10.2. The van der Waals surface area contributed by atoms with Crippen molar-refractivity contribution in [2.24, 2.45) is 0 Å². The van der Waals surface area contributed by atoms with Crippen molar-refractivity contribution >= 4 is 17.6 Å². The Balaban J connectivity index is 1.82. The first-order valence-corrected chi connectivity index (χ1v) is 7.24. The Bertz CT molecular complexity index is 1040. The number of carboxylic acids is 1. The molecule has 0 radical (unpaired) electrons. The highest BCUT2D eigenvalue weighted by Crippen LogP contribution is 2.18. The Morgan fingerprint density at radius 3 is 2.62 bits per heavy atom. The highest BCUT2D eigenvalue weighted by Gasteiger charge is 2.16. The van der Waals surface area contributed by atoms with Crippen LogP contribution in [-0.4, -0.2) is 31.7 Å². The largest absolute Gasteiger partial charge is 0.478 e. The zero-order valence-corrected chi connectivity index (χ0v) is 13.0. The molecule has 1 aromatic carbocycles. The molecule has 8 nitrogen and oxygen atoms in total. The lowest BCUT2D eigenvalue weighted by atomic mass is 10.1. The predicted octanol–water partition coefficient (Wildman–Crippen LogP) is 2.23. The summed E-state index contributed by atoms with van der Waals surface area (Å²) in [5, 5.41) is 27.9. The summed E-state index contributed by atoms with van der Waals surface area (Å²) in [6, 6.07) is 9.42. The maximum atomic E-state index is 13.3. The number of amides is 1. The van der Waals surface area contributed by atoms with Crippen molar-refractivity contribution in [1.29, 1.82) is 5.26 Å². The molecule has 0 bridgehead atoms. The van der Waals surface area contributed by atoms with Gasteiger partial charge in [-0.05, 0) is 36.4 Å². The van der Waals surface area contributed by atoms with Crippen LogP contribution in [0.2, 0.25) is 0 Å². The molecule has 1 amide bonds. The van der Waals surface area contributed by atoms with Gasteiger partial charge in [0.1, 0.15) is 11.9 Å². The van der Waals surface area contributed by atoms with E-state index in [9.17, 15) is 14.0 Å². The Labute approximate surface area is 146 Å². The molecule has 3 rings (SSSR count). The monoisotopic (exact) mass is 351 g/mol. The number of nitrogens with zero attached hydrogens (tertiary/aromatic N) is 4. The molecule has 26 heavy (non-hydrogen) atoms. The van der Waals surface area contributed by atoms with Crippen LogP contribution in [0.25, 0.3) is 5.82 Å². The van der Waals surface area contributed by atoms with Crippen LogP contribution in [0, 0.1) is 17.1 Å². The van der Waals surface area contributed by atoms with Gasteiger partial charge in [-0.15, -0.1) is 10.2 Å². The number of carboxylic acid groups (broad SMARTS) is 1. The lowest BCUT2D eigenvalue weighted by Gasteiger charge is -2.08. The maximum Gasteiger partial charge on any atom is 0.337 e. The number of carbonyl (C=O) groups is 2. The first-order valence-electron chi connectivity index (χ1n) is 7.24. The molecule has 0 saturated carbocycles. The summed E-state index contributed by atoms with van der Waals surface area (Å²) in [5.74, 6) is -2.34. The molecule has 0 spiro atoms. The van der Waals surface area contributed by atoms with Crippen molar-refractivity contribution < 1.29 is 19.1 Å². The van der Waals surface area contributed by atoms with Crippen LogP contribution in [0.3, 0.4) is 0 Å². The minimum absolute atomic E-state index is 0.0815. The minimum atomic E-state index is -1.30. The third kappa shape index (κ3) is 3.39. The maximum absolute atomic E-state index is 13.3. The fraction of sp³-hybridized carbons (Fsp3) is 0. The summed E-state index contributed by atoms with van der Waals surface area (Å²) in [7, 11) is 0. The van der Waals surface area contributed by atoms with Crippen LogP contribution in [-0.2, 0) is 0 Å². The van der Waals surface area contributed by atoms with Crippen LogP contribution in [0.4, 0.5) is 10.1 Å². The van der Waals surface area contributed by atoms with Gasteiger partial charge in [0.25, 0.3) is 5.91 Å². The summed E-state index contributed by atoms with van der Waals surface area (Å²) >= 11 is 0. The average Bonchev–Trinajstić information content (AvgIpc) is 3.11. The Morgan fingerprint density at radius 1 is 1.19 bits per heavy atom. The molecule has 2 N–H and O–H groups in total. The van der Waals surface area contributed by atoms with Gasteiger partial charge in [-0.2, -0.15) is 5.26 Å². The molecule has 0 aliphatic heterocycles. The Hall–Kier alpha value is -4.06. The van der Waals surface area contributed by atoms with Crippen molar-refractivity contribution in [3.8, 4) is 11.9 Å². The predicted molar refractivity (Wildman–Crippen MR) is 87.4 cm³/mol. The third-order valence-electron chi connectivity index (χ3n) is 3.43. The van der Waals surface area contributed by atoms with Crippen molar-refractivity contribution in [2.75, 3.05) is 5.32 Å². The molecular weight excluding hydrogens is 341 g/mol. The number of aromatic nitrogens is 3. The molecule has 0 aliphatic rings. The summed E-state index contributed by atoms with van der Waals surface area (Å²) in [4.78, 5) is 23.4. The van der Waals surface area contributed by atoms with Crippen LogP contribution < -0.4 is 5.32 Å². The van der Waals surface area contributed by atoms with Crippen LogP contribution in [0.15, 0.2) is 48.8 Å². The summed E-state index contributed by atoms with van der Waals surface area (Å²) in [6.45, 7) is 0. The second-order valence-electron chi connectivity index (χ2n) is 5.15. The van der Waals surface area contributed by atoms with E-state index in [2.05, 4.69) is 15.5 Å². The smallest absolute Gasteiger partial charge is 0.337 e. The number of aromatic carboxylic acids is 1. The van der Waals surface area contributed by atoms with E-state index >= 15 is 0 Å². The Morgan fingerprint density at radius 2 is 2.00 bits per heavy atom. The fourth-order valence-corrected chi connectivity index (χ4v) is 2.18. The zero-order valence-electron chi connectivity index (χ0n) is 13.0. The quantitative estimate of drug-likeness (QED) is 0.743. The number of rotatable bonds is 4. The molecule has 0 aliphatic carbocycles. The van der Waals surface area contributed by atoms with E-state index in [4.69, 9.17) is 10.4 Å². The van der Waals surface area contributed by atoms with Crippen LogP contribution in [0.1, 0.15) is 26.4 Å². The lowest BCUT2D eigenvalue weighted by Crippen LogP contribution is -2.17. The Kier molecular flexibility index (Phi) is 4.40. The standard InChI is InChI=1S/C17H10FN5O3/c18-11-1-2-12(17(25)26)14(7-11)20-16(24)13-3-4-15(22-21-13)23-6-5-10(8-19)9-23/h1-7,9H,(H,20,24)(H,25,26). The number of hydrogen-bond acceptors (Lipinski definition) is 5. The first-order chi connectivity index (χ1) is 12.5. The van der Waals surface area contributed by atoms with Gasteiger partial charge in [0.15, 0.2) is 11.5 Å². The van der Waals surface area contributed by atoms with E-state index in [0.29, 0.717) is 11.4 Å². The average molecular weight is 351 g/mol. The number of anilines is 1. The second-order valence-corrected chi connectivity index (χ2v) is 5.15. The summed E-state index contributed by atoms with van der Waals surface area (Å²) in [5.41, 5.74) is -0.0684. The molecule has 128 valence electrons. The van der Waals surface area contributed by atoms with E-state index in [-0.39, 0.29) is 16.9 Å². The molecule has 0 fully saturated rings. The minimum Gasteiger partial charge on any atom is -0.478 e. The number of halogens is 1. The van der Waals surface area contributed by atoms with E-state index in [0.717, 1.165) is 18.2 Å². The van der Waals surface area contributed by atoms with E-state index in [1.54, 1.807) is 23.0 Å². The van der Waals surface area contributed by atoms with Gasteiger partial charge in [-0.1, -0.05) is 0 Å². The van der Waals surface area contributed by atoms with E-state index < -0.39 is 17.7 Å². The van der Waals surface area contributed by atoms with Gasteiger partial charge in [-0.25, -0.2) is 9.18 Å². The van der Waals surface area contributed by atoms with Gasteiger partial charge in [0.2, 0.25) is 0 Å². The second kappa shape index (κ2) is 6.82. The number of benzene rings is 1.